The number of amides is 1. The predicted octanol–water partition coefficient (Wildman–Crippen LogP) is 4.81. The van der Waals surface area contributed by atoms with Crippen molar-refractivity contribution >= 4 is 61.8 Å². The molecule has 10 heteroatoms. The normalized spacial score (nSPS) is 14.4. The molecule has 2 aromatic heterocycles. The van der Waals surface area contributed by atoms with Crippen molar-refractivity contribution in [1.82, 2.24) is 14.5 Å². The first-order valence-corrected chi connectivity index (χ1v) is 12.5. The number of nitrogens with one attached hydrogen (secondary N) is 1. The first-order chi connectivity index (χ1) is 14.9. The SMILES string of the molecule is CC(C)n1c(SCC(=O)Nc2ccc(Cl)cc2)nc2nc(N3CCCCC3)sc2c1=O. The van der Waals surface area contributed by atoms with E-state index in [0.29, 0.717) is 26.2 Å². The topological polar surface area (TPSA) is 80.1 Å². The molecule has 1 amide bonds. The quantitative estimate of drug-likeness (QED) is 0.405. The maximum Gasteiger partial charge on any atom is 0.274 e. The molecule has 0 unspecified atom stereocenters. The van der Waals surface area contributed by atoms with E-state index in [1.54, 1.807) is 28.8 Å². The van der Waals surface area contributed by atoms with Crippen LogP contribution in [0, 0.1) is 0 Å². The summed E-state index contributed by atoms with van der Waals surface area (Å²) in [6.07, 6.45) is 3.52. The van der Waals surface area contributed by atoms with Crippen molar-refractivity contribution in [2.45, 2.75) is 44.3 Å². The van der Waals surface area contributed by atoms with Crippen LogP contribution in [0.15, 0.2) is 34.2 Å². The first kappa shape index (κ1) is 22.1. The van der Waals surface area contributed by atoms with Gasteiger partial charge >= 0.3 is 0 Å². The molecule has 3 heterocycles. The number of piperidine rings is 1. The second kappa shape index (κ2) is 9.58. The van der Waals surface area contributed by atoms with Gasteiger partial charge in [-0.3, -0.25) is 14.2 Å². The van der Waals surface area contributed by atoms with Crippen molar-refractivity contribution in [3.05, 3.63) is 39.6 Å². The molecule has 3 aromatic rings. The Morgan fingerprint density at radius 1 is 1.19 bits per heavy atom. The Labute approximate surface area is 193 Å². The number of halogens is 1. The van der Waals surface area contributed by atoms with Crippen molar-refractivity contribution in [3.63, 3.8) is 0 Å². The lowest BCUT2D eigenvalue weighted by Gasteiger charge is -2.25. The van der Waals surface area contributed by atoms with Gasteiger partial charge in [0.25, 0.3) is 5.56 Å². The number of hydrogen-bond donors (Lipinski definition) is 1. The van der Waals surface area contributed by atoms with Gasteiger partial charge in [0.05, 0.1) is 5.75 Å². The van der Waals surface area contributed by atoms with Gasteiger partial charge < -0.3 is 10.2 Å². The molecule has 7 nitrogen and oxygen atoms in total. The number of aromatic nitrogens is 3. The van der Waals surface area contributed by atoms with Crippen LogP contribution >= 0.6 is 34.7 Å². The van der Waals surface area contributed by atoms with E-state index in [4.69, 9.17) is 11.6 Å². The number of fused-ring (bicyclic) bond motifs is 1. The third-order valence-corrected chi connectivity index (χ3v) is 7.32. The minimum atomic E-state index is -0.177. The molecular weight excluding hydrogens is 454 g/mol. The highest BCUT2D eigenvalue weighted by atomic mass is 35.5. The summed E-state index contributed by atoms with van der Waals surface area (Å²) < 4.78 is 2.23. The summed E-state index contributed by atoms with van der Waals surface area (Å²) in [5.74, 6) is -0.0413. The molecular formula is C21H24ClN5O2S2. The fourth-order valence-electron chi connectivity index (χ4n) is 3.49. The average Bonchev–Trinajstić information content (AvgIpc) is 3.19. The maximum absolute atomic E-state index is 13.2. The number of nitrogens with zero attached hydrogens (tertiary/aromatic N) is 4. The molecule has 1 aromatic carbocycles. The standard InChI is InChI=1S/C21H24ClN5O2S2/c1-13(2)27-19(29)17-18(24-20(31-17)26-10-4-3-5-11-26)25-21(27)30-12-16(28)23-15-8-6-14(22)7-9-15/h6-9,13H,3-5,10-12H2,1-2H3,(H,23,28). The van der Waals surface area contributed by atoms with E-state index in [0.717, 1.165) is 31.1 Å². The van der Waals surface area contributed by atoms with Gasteiger partial charge in [-0.25, -0.2) is 4.98 Å². The molecule has 1 N–H and O–H groups in total. The second-order valence-electron chi connectivity index (χ2n) is 7.70. The molecule has 1 saturated heterocycles. The second-order valence-corrected chi connectivity index (χ2v) is 10.1. The molecule has 0 aliphatic carbocycles. The summed E-state index contributed by atoms with van der Waals surface area (Å²) in [4.78, 5) is 37.2. The van der Waals surface area contributed by atoms with Crippen molar-refractivity contribution < 1.29 is 4.79 Å². The van der Waals surface area contributed by atoms with Gasteiger partial charge in [0.15, 0.2) is 15.9 Å². The summed E-state index contributed by atoms with van der Waals surface area (Å²) in [6.45, 7) is 5.81. The van der Waals surface area contributed by atoms with Crippen molar-refractivity contribution in [3.8, 4) is 0 Å². The lowest BCUT2D eigenvalue weighted by molar-refractivity contribution is -0.113. The largest absolute Gasteiger partial charge is 0.348 e. The van der Waals surface area contributed by atoms with Crippen molar-refractivity contribution in [1.29, 1.82) is 0 Å². The van der Waals surface area contributed by atoms with Gasteiger partial charge in [-0.15, -0.1) is 0 Å². The fraction of sp³-hybridized carbons (Fsp3) is 0.429. The number of carbonyl (C=O) groups is 1. The number of anilines is 2. The molecule has 1 aliphatic rings. The Balaban J connectivity index is 1.57. The van der Waals surface area contributed by atoms with E-state index in [9.17, 15) is 9.59 Å². The van der Waals surface area contributed by atoms with E-state index in [2.05, 4.69) is 20.2 Å². The number of hydrogen-bond acceptors (Lipinski definition) is 7. The van der Waals surface area contributed by atoms with E-state index in [1.807, 2.05) is 13.8 Å². The van der Waals surface area contributed by atoms with Crippen LogP contribution in [0.1, 0.15) is 39.2 Å². The lowest BCUT2D eigenvalue weighted by atomic mass is 10.1. The monoisotopic (exact) mass is 477 g/mol. The molecule has 164 valence electrons. The number of benzene rings is 1. The van der Waals surface area contributed by atoms with E-state index >= 15 is 0 Å². The summed E-state index contributed by atoms with van der Waals surface area (Å²) in [7, 11) is 0. The van der Waals surface area contributed by atoms with Crippen LogP contribution < -0.4 is 15.8 Å². The molecule has 0 saturated carbocycles. The summed E-state index contributed by atoms with van der Waals surface area (Å²) >= 11 is 8.55. The van der Waals surface area contributed by atoms with Crippen LogP contribution in [-0.4, -0.2) is 39.3 Å². The molecule has 0 atom stereocenters. The predicted molar refractivity (Wildman–Crippen MR) is 129 cm³/mol. The molecule has 0 radical (unpaired) electrons. The Morgan fingerprint density at radius 3 is 2.58 bits per heavy atom. The molecule has 0 bridgehead atoms. The van der Waals surface area contributed by atoms with Crippen LogP contribution in [0.25, 0.3) is 10.3 Å². The average molecular weight is 478 g/mol. The van der Waals surface area contributed by atoms with E-state index < -0.39 is 0 Å². The smallest absolute Gasteiger partial charge is 0.274 e. The minimum absolute atomic E-state index is 0.0771. The molecule has 1 fully saturated rings. The van der Waals surface area contributed by atoms with Crippen LogP contribution in [-0.2, 0) is 4.79 Å². The summed E-state index contributed by atoms with van der Waals surface area (Å²) in [6, 6.07) is 6.86. The van der Waals surface area contributed by atoms with Crippen molar-refractivity contribution in [2.24, 2.45) is 0 Å². The number of rotatable bonds is 6. The summed E-state index contributed by atoms with van der Waals surface area (Å²) in [5, 5.41) is 4.81. The van der Waals surface area contributed by atoms with E-state index in [-0.39, 0.29) is 23.3 Å². The van der Waals surface area contributed by atoms with Crippen LogP contribution in [0.4, 0.5) is 10.8 Å². The number of thiazole rings is 1. The highest BCUT2D eigenvalue weighted by Gasteiger charge is 2.21. The van der Waals surface area contributed by atoms with Gasteiger partial charge in [-0.2, -0.15) is 4.98 Å². The van der Waals surface area contributed by atoms with Crippen LogP contribution in [0.5, 0.6) is 0 Å². The number of carbonyl (C=O) groups excluding carboxylic acids is 1. The fourth-order valence-corrected chi connectivity index (χ4v) is 5.53. The molecule has 31 heavy (non-hydrogen) atoms. The van der Waals surface area contributed by atoms with Gasteiger partial charge in [0.2, 0.25) is 5.91 Å². The Kier molecular flexibility index (Phi) is 6.83. The molecule has 0 spiro atoms. The highest BCUT2D eigenvalue weighted by molar-refractivity contribution is 7.99. The zero-order valence-electron chi connectivity index (χ0n) is 17.4. The number of thioether (sulfide) groups is 1. The summed E-state index contributed by atoms with van der Waals surface area (Å²) in [5.41, 5.74) is 1.04. The Morgan fingerprint density at radius 2 is 1.90 bits per heavy atom. The third kappa shape index (κ3) is 5.05. The van der Waals surface area contributed by atoms with Crippen LogP contribution in [0.3, 0.4) is 0 Å². The third-order valence-electron chi connectivity index (χ3n) is 5.02. The zero-order chi connectivity index (χ0) is 22.0. The van der Waals surface area contributed by atoms with Gasteiger partial charge in [0, 0.05) is 29.8 Å². The lowest BCUT2D eigenvalue weighted by Crippen LogP contribution is -2.29. The maximum atomic E-state index is 13.2. The van der Waals surface area contributed by atoms with Crippen molar-refractivity contribution in [2.75, 3.05) is 29.1 Å². The zero-order valence-corrected chi connectivity index (χ0v) is 19.8. The Bertz CT molecular complexity index is 1140. The first-order valence-electron chi connectivity index (χ1n) is 10.3. The van der Waals surface area contributed by atoms with Gasteiger partial charge in [-0.05, 0) is 57.4 Å². The Hall–Kier alpha value is -2.10. The molecule has 4 rings (SSSR count). The highest BCUT2D eigenvalue weighted by Crippen LogP contribution is 2.30. The van der Waals surface area contributed by atoms with Gasteiger partial charge in [-0.1, -0.05) is 34.7 Å². The molecule has 1 aliphatic heterocycles. The van der Waals surface area contributed by atoms with E-state index in [1.165, 1.54) is 29.5 Å². The van der Waals surface area contributed by atoms with Crippen LogP contribution in [0.2, 0.25) is 5.02 Å². The van der Waals surface area contributed by atoms with Gasteiger partial charge in [0.1, 0.15) is 4.70 Å². The minimum Gasteiger partial charge on any atom is -0.348 e.